The van der Waals surface area contributed by atoms with Crippen LogP contribution in [0.15, 0.2) is 122 Å². The van der Waals surface area contributed by atoms with Crippen molar-refractivity contribution in [3.63, 3.8) is 0 Å². The molecule has 2 aliphatic heterocycles. The molecule has 4 heterocycles. The highest BCUT2D eigenvalue weighted by molar-refractivity contribution is 5.89. The predicted octanol–water partition coefficient (Wildman–Crippen LogP) is 8.66. The number of benzene rings is 4. The van der Waals surface area contributed by atoms with Crippen molar-refractivity contribution < 1.29 is 37.0 Å². The summed E-state index contributed by atoms with van der Waals surface area (Å²) in [6, 6.07) is 30.0. The maximum atomic E-state index is 14.7. The van der Waals surface area contributed by atoms with Gasteiger partial charge in [0.05, 0.1) is 43.0 Å². The van der Waals surface area contributed by atoms with E-state index in [0.29, 0.717) is 42.3 Å². The van der Waals surface area contributed by atoms with E-state index >= 15 is 0 Å². The first-order chi connectivity index (χ1) is 29.5. The van der Waals surface area contributed by atoms with Gasteiger partial charge in [-0.3, -0.25) is 9.59 Å². The molecule has 4 aromatic carbocycles. The Hall–Kier alpha value is -6.74. The number of ether oxygens (including phenoxy) is 2. The van der Waals surface area contributed by atoms with Crippen molar-refractivity contribution in [3.05, 3.63) is 144 Å². The molecule has 2 saturated heterocycles. The normalized spacial score (nSPS) is 18.1. The first-order valence-corrected chi connectivity index (χ1v) is 20.0. The van der Waals surface area contributed by atoms with E-state index in [2.05, 4.69) is 25.3 Å². The average molecular weight is 832 g/mol. The van der Waals surface area contributed by atoms with Gasteiger partial charge in [-0.1, -0.05) is 109 Å². The number of methoxy groups -OCH3 is 2. The fourth-order valence-corrected chi connectivity index (χ4v) is 8.48. The third-order valence-corrected chi connectivity index (χ3v) is 11.6. The van der Waals surface area contributed by atoms with E-state index < -0.39 is 35.9 Å². The number of hydrogen-bond donors (Lipinski definition) is 3. The molecular weight excluding hydrogens is 788 g/mol. The number of rotatable bonds is 11. The van der Waals surface area contributed by atoms with Crippen LogP contribution in [0.1, 0.15) is 66.6 Å². The maximum absolute atomic E-state index is 14.7. The number of aromatic nitrogens is 4. The van der Waals surface area contributed by atoms with Crippen LogP contribution in [0.4, 0.5) is 18.0 Å². The molecule has 0 unspecified atom stereocenters. The van der Waals surface area contributed by atoms with Crippen LogP contribution in [0.5, 0.6) is 0 Å². The highest BCUT2D eigenvalue weighted by Crippen LogP contribution is 2.46. The van der Waals surface area contributed by atoms with Gasteiger partial charge in [-0.15, -0.1) is 0 Å². The van der Waals surface area contributed by atoms with Crippen molar-refractivity contribution >= 4 is 17.9 Å². The molecule has 0 bridgehead atoms. The molecule has 6 aromatic rings. The van der Waals surface area contributed by atoms with Gasteiger partial charge in [0.2, 0.25) is 0 Å². The summed E-state index contributed by atoms with van der Waals surface area (Å²) in [5.41, 5.74) is 2.36. The highest BCUT2D eigenvalue weighted by Gasteiger charge is 2.64. The second kappa shape index (κ2) is 17.1. The monoisotopic (exact) mass is 831 g/mol. The molecule has 3 N–H and O–H groups in total. The summed E-state index contributed by atoms with van der Waals surface area (Å²) in [6.07, 6.45) is 0.162. The number of alkyl halides is 3. The standard InChI is InChI=1S/C46H44F3N7O5/c1-60-44(59)54-39(33-11-5-3-6-12-33)42(57)55-25-9-15-37(55)40-50-27-35(52-40)31-21-17-29(18-22-31)30-19-23-32(24-20-30)36-28-51-41(53-36)38-16-10-26-56(38)43(58)45(61-2,46(47,48)49)34-13-7-4-8-14-34/h3-8,11-14,17-24,27-28,37-39H,9-10,15-16,25-26H2,1-2H3,(H,50,52)(H,51,53)(H,54,59)/t37-,38-,39+,45-/m0/s1. The third-order valence-electron chi connectivity index (χ3n) is 11.6. The van der Waals surface area contributed by atoms with Crippen LogP contribution in [0.3, 0.4) is 0 Å². The average Bonchev–Trinajstić information content (AvgIpc) is 4.13. The summed E-state index contributed by atoms with van der Waals surface area (Å²) in [5.74, 6) is -0.346. The minimum Gasteiger partial charge on any atom is -0.453 e. The summed E-state index contributed by atoms with van der Waals surface area (Å²) in [5, 5.41) is 2.69. The number of carbonyl (C=O) groups is 3. The van der Waals surface area contributed by atoms with Gasteiger partial charge in [-0.2, -0.15) is 13.2 Å². The molecule has 0 radical (unpaired) electrons. The second-order valence-corrected chi connectivity index (χ2v) is 15.1. The lowest BCUT2D eigenvalue weighted by molar-refractivity contribution is -0.270. The molecule has 3 amide bonds. The molecule has 0 aliphatic carbocycles. The smallest absolute Gasteiger partial charge is 0.430 e. The Balaban J connectivity index is 0.945. The molecule has 0 saturated carbocycles. The van der Waals surface area contributed by atoms with Gasteiger partial charge < -0.3 is 34.6 Å². The van der Waals surface area contributed by atoms with Crippen molar-refractivity contribution in [2.75, 3.05) is 27.3 Å². The SMILES string of the molecule is COC(=O)N[C@@H](C(=O)N1CCC[C@H]1c1ncc(-c2ccc(-c3ccc(-c4cnc([C@@H]5CCCN5C(=O)[C@@](OC)(c5ccccc5)C(F)(F)F)[nH]4)cc3)cc2)[nH]1)c1ccccc1. The van der Waals surface area contributed by atoms with Crippen LogP contribution < -0.4 is 5.32 Å². The Bertz CT molecular complexity index is 2470. The van der Waals surface area contributed by atoms with E-state index in [4.69, 9.17) is 9.47 Å². The lowest BCUT2D eigenvalue weighted by Crippen LogP contribution is -2.56. The van der Waals surface area contributed by atoms with Gasteiger partial charge in [0.15, 0.2) is 0 Å². The van der Waals surface area contributed by atoms with Crippen molar-refractivity contribution in [1.29, 1.82) is 0 Å². The van der Waals surface area contributed by atoms with Crippen molar-refractivity contribution in [1.82, 2.24) is 35.1 Å². The van der Waals surface area contributed by atoms with Crippen LogP contribution >= 0.6 is 0 Å². The fourth-order valence-electron chi connectivity index (χ4n) is 8.48. The summed E-state index contributed by atoms with van der Waals surface area (Å²) in [6.45, 7) is 0.660. The van der Waals surface area contributed by atoms with E-state index in [1.165, 1.54) is 36.3 Å². The van der Waals surface area contributed by atoms with Crippen molar-refractivity contribution in [2.24, 2.45) is 0 Å². The maximum Gasteiger partial charge on any atom is 0.430 e. The summed E-state index contributed by atoms with van der Waals surface area (Å²) >= 11 is 0. The first kappa shape index (κ1) is 41.0. The molecule has 2 aliphatic rings. The van der Waals surface area contributed by atoms with Crippen molar-refractivity contribution in [3.8, 4) is 33.6 Å². The summed E-state index contributed by atoms with van der Waals surface area (Å²) in [7, 11) is 2.17. The Morgan fingerprint density at radius 3 is 1.66 bits per heavy atom. The molecule has 12 nitrogen and oxygen atoms in total. The number of carbonyl (C=O) groups excluding carboxylic acids is 3. The zero-order chi connectivity index (χ0) is 42.7. The van der Waals surface area contributed by atoms with Crippen LogP contribution in [-0.2, 0) is 24.7 Å². The Labute approximate surface area is 350 Å². The Morgan fingerprint density at radius 1 is 0.689 bits per heavy atom. The summed E-state index contributed by atoms with van der Waals surface area (Å²) in [4.78, 5) is 58.8. The fraction of sp³-hybridized carbons (Fsp3) is 0.283. The lowest BCUT2D eigenvalue weighted by Gasteiger charge is -2.38. The minimum absolute atomic E-state index is 0.135. The number of alkyl carbamates (subject to hydrolysis) is 1. The van der Waals surface area contributed by atoms with Gasteiger partial charge in [0.25, 0.3) is 17.4 Å². The third kappa shape index (κ3) is 7.88. The highest BCUT2D eigenvalue weighted by atomic mass is 19.4. The number of H-pyrrole nitrogens is 2. The number of likely N-dealkylation sites (tertiary alicyclic amines) is 2. The molecule has 0 spiro atoms. The molecular formula is C46H44F3N7O5. The second-order valence-electron chi connectivity index (χ2n) is 15.1. The molecule has 15 heteroatoms. The molecule has 314 valence electrons. The number of nitrogens with one attached hydrogen (secondary N) is 3. The Kier molecular flexibility index (Phi) is 11.5. The van der Waals surface area contributed by atoms with Gasteiger partial charge >= 0.3 is 12.3 Å². The van der Waals surface area contributed by atoms with E-state index in [9.17, 15) is 27.6 Å². The van der Waals surface area contributed by atoms with Crippen LogP contribution in [0.2, 0.25) is 0 Å². The number of halogens is 3. The van der Waals surface area contributed by atoms with Crippen molar-refractivity contribution in [2.45, 2.75) is 55.6 Å². The van der Waals surface area contributed by atoms with Gasteiger partial charge in [-0.05, 0) is 53.5 Å². The lowest BCUT2D eigenvalue weighted by atomic mass is 9.90. The quantitative estimate of drug-likeness (QED) is 0.119. The summed E-state index contributed by atoms with van der Waals surface area (Å²) < 4.78 is 54.1. The molecule has 4 atom stereocenters. The molecule has 2 aromatic heterocycles. The predicted molar refractivity (Wildman–Crippen MR) is 220 cm³/mol. The topological polar surface area (TPSA) is 146 Å². The molecule has 61 heavy (non-hydrogen) atoms. The van der Waals surface area contributed by atoms with E-state index in [1.54, 1.807) is 35.5 Å². The first-order valence-electron chi connectivity index (χ1n) is 20.0. The van der Waals surface area contributed by atoms with E-state index in [1.807, 2.05) is 66.7 Å². The largest absolute Gasteiger partial charge is 0.453 e. The molecule has 8 rings (SSSR count). The number of imidazole rings is 2. The van der Waals surface area contributed by atoms with E-state index in [0.717, 1.165) is 47.9 Å². The van der Waals surface area contributed by atoms with Gasteiger partial charge in [0.1, 0.15) is 17.7 Å². The molecule has 2 fully saturated rings. The number of nitrogens with zero attached hydrogens (tertiary/aromatic N) is 4. The zero-order valence-corrected chi connectivity index (χ0v) is 33.5. The van der Waals surface area contributed by atoms with Gasteiger partial charge in [0, 0.05) is 25.8 Å². The van der Waals surface area contributed by atoms with Gasteiger partial charge in [-0.25, -0.2) is 14.8 Å². The number of hydrogen-bond acceptors (Lipinski definition) is 7. The minimum atomic E-state index is -5.01. The van der Waals surface area contributed by atoms with Crippen LogP contribution in [0.25, 0.3) is 33.6 Å². The zero-order valence-electron chi connectivity index (χ0n) is 33.5. The Morgan fingerprint density at radius 2 is 1.16 bits per heavy atom. The van der Waals surface area contributed by atoms with Crippen LogP contribution in [-0.4, -0.2) is 81.1 Å². The van der Waals surface area contributed by atoms with E-state index in [-0.39, 0.29) is 24.1 Å². The van der Waals surface area contributed by atoms with Crippen LogP contribution in [0, 0.1) is 0 Å². The number of aromatic amines is 2. The number of amides is 3.